The van der Waals surface area contributed by atoms with E-state index < -0.39 is 15.9 Å². The van der Waals surface area contributed by atoms with Crippen molar-refractivity contribution in [2.75, 3.05) is 31.6 Å². The summed E-state index contributed by atoms with van der Waals surface area (Å²) in [4.78, 5) is 16.5. The molecule has 0 aliphatic carbocycles. The van der Waals surface area contributed by atoms with Gasteiger partial charge in [0, 0.05) is 24.7 Å². The van der Waals surface area contributed by atoms with E-state index in [1.54, 1.807) is 12.1 Å². The Kier molecular flexibility index (Phi) is 5.16. The number of ether oxygens (including phenoxy) is 1. The van der Waals surface area contributed by atoms with Crippen LogP contribution < -0.4 is 5.32 Å². The third-order valence-corrected chi connectivity index (χ3v) is 6.67. The molecule has 24 heavy (non-hydrogen) atoms. The second-order valence-corrected chi connectivity index (χ2v) is 8.17. The van der Waals surface area contributed by atoms with Gasteiger partial charge in [-0.1, -0.05) is 11.6 Å². The fourth-order valence-electron chi connectivity index (χ4n) is 2.17. The second kappa shape index (κ2) is 7.16. The molecule has 1 N–H and O–H groups in total. The number of pyridine rings is 1. The quantitative estimate of drug-likeness (QED) is 0.811. The summed E-state index contributed by atoms with van der Waals surface area (Å²) in [5, 5.41) is 4.25. The monoisotopic (exact) mass is 387 g/mol. The van der Waals surface area contributed by atoms with Gasteiger partial charge in [-0.2, -0.15) is 4.31 Å². The van der Waals surface area contributed by atoms with Crippen molar-refractivity contribution in [1.82, 2.24) is 9.29 Å². The van der Waals surface area contributed by atoms with Crippen LogP contribution in [-0.2, 0) is 14.8 Å². The molecule has 0 bridgehead atoms. The number of nitrogens with one attached hydrogen (secondary N) is 1. The zero-order valence-corrected chi connectivity index (χ0v) is 14.8. The minimum absolute atomic E-state index is 0.108. The third kappa shape index (κ3) is 3.60. The van der Waals surface area contributed by atoms with Crippen LogP contribution in [-0.4, -0.2) is 49.9 Å². The molecule has 0 spiro atoms. The lowest BCUT2D eigenvalue weighted by Gasteiger charge is -2.25. The molecule has 7 nitrogen and oxygen atoms in total. The van der Waals surface area contributed by atoms with E-state index in [2.05, 4.69) is 10.3 Å². The number of anilines is 1. The number of aromatic nitrogens is 1. The van der Waals surface area contributed by atoms with Crippen molar-refractivity contribution in [2.45, 2.75) is 4.90 Å². The van der Waals surface area contributed by atoms with Gasteiger partial charge in [0.25, 0.3) is 5.91 Å². The Labute approximate surface area is 148 Å². The van der Waals surface area contributed by atoms with E-state index in [0.717, 1.165) is 11.3 Å². The van der Waals surface area contributed by atoms with Gasteiger partial charge in [-0.25, -0.2) is 13.4 Å². The van der Waals surface area contributed by atoms with Crippen LogP contribution in [0.25, 0.3) is 0 Å². The van der Waals surface area contributed by atoms with Crippen LogP contribution in [0, 0.1) is 0 Å². The van der Waals surface area contributed by atoms with Crippen molar-refractivity contribution < 1.29 is 17.9 Å². The molecule has 10 heteroatoms. The topological polar surface area (TPSA) is 88.6 Å². The number of morpholine rings is 1. The summed E-state index contributed by atoms with van der Waals surface area (Å²) in [6, 6.07) is 4.63. The Hall–Kier alpha value is -1.52. The van der Waals surface area contributed by atoms with E-state index >= 15 is 0 Å². The number of carbonyl (C=O) groups excluding carboxylic acids is 1. The van der Waals surface area contributed by atoms with Gasteiger partial charge in [-0.3, -0.25) is 4.79 Å². The van der Waals surface area contributed by atoms with Crippen molar-refractivity contribution in [1.29, 1.82) is 0 Å². The molecule has 1 saturated heterocycles. The van der Waals surface area contributed by atoms with Crippen molar-refractivity contribution >= 4 is 44.6 Å². The van der Waals surface area contributed by atoms with E-state index in [9.17, 15) is 13.2 Å². The van der Waals surface area contributed by atoms with E-state index in [1.165, 1.54) is 21.9 Å². The molecular weight excluding hydrogens is 374 g/mol. The predicted molar refractivity (Wildman–Crippen MR) is 91.1 cm³/mol. The summed E-state index contributed by atoms with van der Waals surface area (Å²) in [6.07, 6.45) is 1.51. The zero-order valence-electron chi connectivity index (χ0n) is 12.4. The van der Waals surface area contributed by atoms with Crippen molar-refractivity contribution in [3.05, 3.63) is 39.8 Å². The molecule has 2 aromatic rings. The predicted octanol–water partition coefficient (Wildman–Crippen LogP) is 2.07. The molecule has 3 rings (SSSR count). The lowest BCUT2D eigenvalue weighted by atomic mass is 10.4. The third-order valence-electron chi connectivity index (χ3n) is 3.41. The molecule has 1 aliphatic rings. The Morgan fingerprint density at radius 2 is 2.12 bits per heavy atom. The van der Waals surface area contributed by atoms with E-state index in [4.69, 9.17) is 16.3 Å². The minimum atomic E-state index is -3.61. The molecule has 1 fully saturated rings. The lowest BCUT2D eigenvalue weighted by molar-refractivity contribution is 0.0730. The maximum absolute atomic E-state index is 12.5. The molecule has 1 amide bonds. The molecule has 0 aromatic carbocycles. The van der Waals surface area contributed by atoms with E-state index in [1.807, 2.05) is 0 Å². The van der Waals surface area contributed by atoms with Crippen molar-refractivity contribution in [2.24, 2.45) is 0 Å². The van der Waals surface area contributed by atoms with Gasteiger partial charge in [0.2, 0.25) is 10.0 Å². The van der Waals surface area contributed by atoms with Gasteiger partial charge in [0.05, 0.1) is 28.7 Å². The number of nitrogens with zero attached hydrogens (tertiary/aromatic N) is 2. The Balaban J connectivity index is 1.77. The SMILES string of the molecule is O=C(Nc1cccnc1Cl)c1cc(S(=O)(=O)N2CCOCC2)cs1. The van der Waals surface area contributed by atoms with E-state index in [-0.39, 0.29) is 14.9 Å². The summed E-state index contributed by atoms with van der Waals surface area (Å²) >= 11 is 6.96. The zero-order chi connectivity index (χ0) is 17.2. The highest BCUT2D eigenvalue weighted by Gasteiger charge is 2.28. The smallest absolute Gasteiger partial charge is 0.265 e. The molecule has 0 saturated carbocycles. The van der Waals surface area contributed by atoms with Crippen LogP contribution in [0.4, 0.5) is 5.69 Å². The molecule has 2 aromatic heterocycles. The molecule has 0 atom stereocenters. The Morgan fingerprint density at radius 1 is 1.38 bits per heavy atom. The first-order valence-electron chi connectivity index (χ1n) is 7.07. The molecule has 0 radical (unpaired) electrons. The summed E-state index contributed by atoms with van der Waals surface area (Å²) < 4.78 is 31.6. The van der Waals surface area contributed by atoms with Gasteiger partial charge < -0.3 is 10.1 Å². The highest BCUT2D eigenvalue weighted by Crippen LogP contribution is 2.25. The average molecular weight is 388 g/mol. The largest absolute Gasteiger partial charge is 0.379 e. The molecule has 0 unspecified atom stereocenters. The highest BCUT2D eigenvalue weighted by molar-refractivity contribution is 7.89. The maximum atomic E-state index is 12.5. The number of hydrogen-bond acceptors (Lipinski definition) is 6. The Bertz CT molecular complexity index is 847. The summed E-state index contributed by atoms with van der Waals surface area (Å²) in [7, 11) is -3.61. The van der Waals surface area contributed by atoms with Gasteiger partial charge in [-0.15, -0.1) is 11.3 Å². The van der Waals surface area contributed by atoms with Gasteiger partial charge in [0.1, 0.15) is 0 Å². The summed E-state index contributed by atoms with van der Waals surface area (Å²) in [5.74, 6) is -0.432. The first-order chi connectivity index (χ1) is 11.5. The number of rotatable bonds is 4. The van der Waals surface area contributed by atoms with Crippen LogP contribution in [0.2, 0.25) is 5.15 Å². The van der Waals surface area contributed by atoms with Crippen LogP contribution in [0.5, 0.6) is 0 Å². The fourth-order valence-corrected chi connectivity index (χ4v) is 4.90. The van der Waals surface area contributed by atoms with Crippen LogP contribution in [0.3, 0.4) is 0 Å². The number of carbonyl (C=O) groups is 1. The lowest BCUT2D eigenvalue weighted by Crippen LogP contribution is -2.40. The van der Waals surface area contributed by atoms with Crippen LogP contribution >= 0.6 is 22.9 Å². The van der Waals surface area contributed by atoms with Crippen LogP contribution in [0.15, 0.2) is 34.7 Å². The summed E-state index contributed by atoms with van der Waals surface area (Å²) in [6.45, 7) is 1.36. The minimum Gasteiger partial charge on any atom is -0.379 e. The van der Waals surface area contributed by atoms with Gasteiger partial charge >= 0.3 is 0 Å². The molecule has 1 aliphatic heterocycles. The first kappa shape index (κ1) is 17.3. The van der Waals surface area contributed by atoms with Crippen LogP contribution in [0.1, 0.15) is 9.67 Å². The standard InChI is InChI=1S/C14H14ClN3O4S2/c15-13-11(2-1-3-16-13)17-14(19)12-8-10(9-23-12)24(20,21)18-4-6-22-7-5-18/h1-3,8-9H,4-7H2,(H,17,19). The van der Waals surface area contributed by atoms with Gasteiger partial charge in [0.15, 0.2) is 5.15 Å². The first-order valence-corrected chi connectivity index (χ1v) is 9.76. The van der Waals surface area contributed by atoms with Crippen molar-refractivity contribution in [3.8, 4) is 0 Å². The Morgan fingerprint density at radius 3 is 2.83 bits per heavy atom. The van der Waals surface area contributed by atoms with Gasteiger partial charge in [-0.05, 0) is 18.2 Å². The number of thiophene rings is 1. The number of sulfonamides is 1. The fraction of sp³-hybridized carbons (Fsp3) is 0.286. The number of hydrogen-bond donors (Lipinski definition) is 1. The number of halogens is 1. The molecule has 128 valence electrons. The maximum Gasteiger partial charge on any atom is 0.265 e. The highest BCUT2D eigenvalue weighted by atomic mass is 35.5. The van der Waals surface area contributed by atoms with Crippen molar-refractivity contribution in [3.63, 3.8) is 0 Å². The normalized spacial score (nSPS) is 16.0. The molecular formula is C14H14ClN3O4S2. The second-order valence-electron chi connectivity index (χ2n) is 4.96. The average Bonchev–Trinajstić information content (AvgIpc) is 3.09. The molecule has 3 heterocycles. The van der Waals surface area contributed by atoms with E-state index in [0.29, 0.717) is 32.0 Å². The number of amides is 1. The summed E-state index contributed by atoms with van der Waals surface area (Å²) in [5.41, 5.74) is 0.371.